The number of carbonyl (C=O) groups excluding carboxylic acids is 1. The topological polar surface area (TPSA) is 51.0 Å². The Hall–Kier alpha value is -2.02. The molecule has 1 aliphatic carbocycles. The lowest BCUT2D eigenvalue weighted by atomic mass is 9.89. The lowest BCUT2D eigenvalue weighted by Crippen LogP contribution is -2.26. The monoisotopic (exact) mass is 348 g/mol. The lowest BCUT2D eigenvalue weighted by Gasteiger charge is -2.18. The third-order valence-corrected chi connectivity index (χ3v) is 5.55. The molecule has 0 spiro atoms. The molecule has 3 aliphatic rings. The first-order valence-corrected chi connectivity index (χ1v) is 8.59. The Morgan fingerprint density at radius 3 is 2.62 bits per heavy atom. The SMILES string of the molecule is O=C1N=C(c2ccc(OC(F)F)cc2)N=C2SC3=C(CCCC3)C12. The number of amidine groups is 1. The number of aliphatic imine (C=N–C) groups is 2. The quantitative estimate of drug-likeness (QED) is 0.824. The normalized spacial score (nSPS) is 23.0. The number of rotatable bonds is 3. The summed E-state index contributed by atoms with van der Waals surface area (Å²) in [4.78, 5) is 22.4. The summed E-state index contributed by atoms with van der Waals surface area (Å²) in [5, 5.41) is 0.796. The van der Waals surface area contributed by atoms with Gasteiger partial charge < -0.3 is 4.74 Å². The van der Waals surface area contributed by atoms with Crippen molar-refractivity contribution in [3.8, 4) is 5.75 Å². The van der Waals surface area contributed by atoms with Gasteiger partial charge in [0.25, 0.3) is 5.91 Å². The van der Waals surface area contributed by atoms with Gasteiger partial charge in [-0.05, 0) is 60.4 Å². The summed E-state index contributed by atoms with van der Waals surface area (Å²) < 4.78 is 28.7. The number of alkyl halides is 2. The minimum absolute atomic E-state index is 0.0642. The molecule has 0 saturated heterocycles. The van der Waals surface area contributed by atoms with Crippen LogP contribution in [0.25, 0.3) is 0 Å². The molecular formula is C17H14F2N2O2S. The molecule has 7 heteroatoms. The van der Waals surface area contributed by atoms with E-state index in [9.17, 15) is 13.6 Å². The third kappa shape index (κ3) is 2.77. The molecule has 0 fully saturated rings. The van der Waals surface area contributed by atoms with E-state index in [1.807, 2.05) is 0 Å². The van der Waals surface area contributed by atoms with E-state index in [4.69, 9.17) is 0 Å². The fraction of sp³-hybridized carbons (Fsp3) is 0.353. The lowest BCUT2D eigenvalue weighted by molar-refractivity contribution is -0.118. The number of hydrogen-bond donors (Lipinski definition) is 0. The molecule has 1 aromatic carbocycles. The molecule has 1 unspecified atom stereocenters. The predicted molar refractivity (Wildman–Crippen MR) is 88.6 cm³/mol. The van der Waals surface area contributed by atoms with Crippen LogP contribution in [0.15, 0.2) is 44.7 Å². The maximum atomic E-state index is 12.5. The van der Waals surface area contributed by atoms with Gasteiger partial charge in [-0.25, -0.2) is 4.99 Å². The van der Waals surface area contributed by atoms with E-state index in [0.29, 0.717) is 11.4 Å². The van der Waals surface area contributed by atoms with Crippen molar-refractivity contribution in [2.24, 2.45) is 15.9 Å². The fourth-order valence-electron chi connectivity index (χ4n) is 3.21. The Bertz CT molecular complexity index is 784. The minimum atomic E-state index is -2.86. The first-order valence-electron chi connectivity index (χ1n) is 7.78. The molecule has 0 N–H and O–H groups in total. The van der Waals surface area contributed by atoms with Crippen molar-refractivity contribution in [1.82, 2.24) is 0 Å². The van der Waals surface area contributed by atoms with Crippen molar-refractivity contribution >= 4 is 28.5 Å². The zero-order chi connectivity index (χ0) is 16.7. The number of ether oxygens (including phenoxy) is 1. The number of amides is 1. The van der Waals surface area contributed by atoms with Crippen LogP contribution in [-0.2, 0) is 4.79 Å². The number of thioether (sulfide) groups is 1. The highest BCUT2D eigenvalue weighted by Crippen LogP contribution is 2.47. The Morgan fingerprint density at radius 1 is 1.12 bits per heavy atom. The molecule has 4 rings (SSSR count). The van der Waals surface area contributed by atoms with Gasteiger partial charge in [-0.15, -0.1) is 0 Å². The number of benzene rings is 1. The highest BCUT2D eigenvalue weighted by atomic mass is 32.2. The van der Waals surface area contributed by atoms with Crippen molar-refractivity contribution in [2.45, 2.75) is 32.3 Å². The second kappa shape index (κ2) is 6.12. The van der Waals surface area contributed by atoms with E-state index >= 15 is 0 Å². The summed E-state index contributed by atoms with van der Waals surface area (Å²) in [6, 6.07) is 6.01. The van der Waals surface area contributed by atoms with Crippen LogP contribution in [-0.4, -0.2) is 23.4 Å². The maximum Gasteiger partial charge on any atom is 0.387 e. The third-order valence-electron chi connectivity index (χ3n) is 4.30. The Labute approximate surface area is 141 Å². The maximum absolute atomic E-state index is 12.5. The van der Waals surface area contributed by atoms with Gasteiger partial charge in [-0.1, -0.05) is 11.8 Å². The van der Waals surface area contributed by atoms with Crippen molar-refractivity contribution in [3.63, 3.8) is 0 Å². The molecule has 124 valence electrons. The van der Waals surface area contributed by atoms with Crippen LogP contribution < -0.4 is 4.74 Å². The Kier molecular flexibility index (Phi) is 3.96. The van der Waals surface area contributed by atoms with Crippen molar-refractivity contribution < 1.29 is 18.3 Å². The number of allylic oxidation sites excluding steroid dienone is 1. The molecule has 0 aromatic heterocycles. The molecule has 4 nitrogen and oxygen atoms in total. The average molecular weight is 348 g/mol. The second-order valence-electron chi connectivity index (χ2n) is 5.82. The average Bonchev–Trinajstić information content (AvgIpc) is 2.93. The zero-order valence-corrected chi connectivity index (χ0v) is 13.5. The van der Waals surface area contributed by atoms with Crippen molar-refractivity contribution in [3.05, 3.63) is 40.3 Å². The summed E-state index contributed by atoms with van der Waals surface area (Å²) in [7, 11) is 0. The van der Waals surface area contributed by atoms with Crippen molar-refractivity contribution in [1.29, 1.82) is 0 Å². The van der Waals surface area contributed by atoms with E-state index in [1.54, 1.807) is 23.9 Å². The predicted octanol–water partition coefficient (Wildman–Crippen LogP) is 4.16. The van der Waals surface area contributed by atoms with E-state index in [0.717, 1.165) is 30.7 Å². The van der Waals surface area contributed by atoms with Crippen LogP contribution in [0.4, 0.5) is 8.78 Å². The van der Waals surface area contributed by atoms with Gasteiger partial charge in [0.15, 0.2) is 5.84 Å². The minimum Gasteiger partial charge on any atom is -0.435 e. The molecule has 0 saturated carbocycles. The molecule has 1 atom stereocenters. The highest BCUT2D eigenvalue weighted by molar-refractivity contribution is 8.17. The highest BCUT2D eigenvalue weighted by Gasteiger charge is 2.40. The van der Waals surface area contributed by atoms with E-state index in [-0.39, 0.29) is 17.6 Å². The van der Waals surface area contributed by atoms with Crippen LogP contribution in [0.3, 0.4) is 0 Å². The van der Waals surface area contributed by atoms with Crippen LogP contribution in [0.2, 0.25) is 0 Å². The summed E-state index contributed by atoms with van der Waals surface area (Å²) >= 11 is 1.60. The Balaban J connectivity index is 1.59. The molecular weight excluding hydrogens is 334 g/mol. The Morgan fingerprint density at radius 2 is 1.88 bits per heavy atom. The molecule has 0 bridgehead atoms. The first-order chi connectivity index (χ1) is 11.6. The standard InChI is InChI=1S/C17H14F2N2O2S/c18-17(19)23-10-7-5-9(6-8-10)14-20-15(22)13-11-3-1-2-4-12(11)24-16(13)21-14/h5-8,13,17H,1-4H2. The smallest absolute Gasteiger partial charge is 0.387 e. The summed E-state index contributed by atoms with van der Waals surface area (Å²) in [5.41, 5.74) is 1.81. The number of nitrogens with zero attached hydrogens (tertiary/aromatic N) is 2. The molecule has 1 aromatic rings. The van der Waals surface area contributed by atoms with Crippen LogP contribution in [0.1, 0.15) is 31.2 Å². The number of halogens is 2. The molecule has 24 heavy (non-hydrogen) atoms. The van der Waals surface area contributed by atoms with Gasteiger partial charge in [-0.3, -0.25) is 4.79 Å². The van der Waals surface area contributed by atoms with Gasteiger partial charge >= 0.3 is 6.61 Å². The number of hydrogen-bond acceptors (Lipinski definition) is 4. The summed E-state index contributed by atoms with van der Waals surface area (Å²) in [6.07, 6.45) is 4.22. The number of fused-ring (bicyclic) bond motifs is 2. The van der Waals surface area contributed by atoms with Gasteiger partial charge in [0.05, 0.1) is 5.04 Å². The van der Waals surface area contributed by atoms with Gasteiger partial charge in [0.1, 0.15) is 11.7 Å². The van der Waals surface area contributed by atoms with E-state index < -0.39 is 6.61 Å². The van der Waals surface area contributed by atoms with Crippen LogP contribution in [0.5, 0.6) is 5.75 Å². The second-order valence-corrected chi connectivity index (χ2v) is 6.93. The van der Waals surface area contributed by atoms with Crippen LogP contribution in [0, 0.1) is 5.92 Å². The largest absolute Gasteiger partial charge is 0.435 e. The molecule has 2 aliphatic heterocycles. The van der Waals surface area contributed by atoms with Gasteiger partial charge in [0, 0.05) is 5.56 Å². The molecule has 0 radical (unpaired) electrons. The fourth-order valence-corrected chi connectivity index (χ4v) is 4.55. The van der Waals surface area contributed by atoms with Gasteiger partial charge in [-0.2, -0.15) is 13.8 Å². The summed E-state index contributed by atoms with van der Waals surface area (Å²) in [5.74, 6) is -0.0746. The van der Waals surface area contributed by atoms with E-state index in [1.165, 1.54) is 22.6 Å². The molecule has 2 heterocycles. The van der Waals surface area contributed by atoms with Crippen LogP contribution >= 0.6 is 11.8 Å². The van der Waals surface area contributed by atoms with E-state index in [2.05, 4.69) is 14.7 Å². The molecule has 1 amide bonds. The first kappa shape index (κ1) is 15.5. The summed E-state index contributed by atoms with van der Waals surface area (Å²) in [6.45, 7) is -2.86. The zero-order valence-electron chi connectivity index (χ0n) is 12.7. The van der Waals surface area contributed by atoms with Crippen molar-refractivity contribution in [2.75, 3.05) is 0 Å². The van der Waals surface area contributed by atoms with Gasteiger partial charge in [0.2, 0.25) is 0 Å². The number of carbonyl (C=O) groups is 1.